The van der Waals surface area contributed by atoms with Gasteiger partial charge in [0.05, 0.1) is 4.83 Å². The molecule has 0 saturated carbocycles. The predicted molar refractivity (Wildman–Crippen MR) is 48.9 cm³/mol. The van der Waals surface area contributed by atoms with Crippen LogP contribution in [0.5, 0.6) is 0 Å². The van der Waals surface area contributed by atoms with Gasteiger partial charge in [-0.1, -0.05) is 34.2 Å². The molecular formula is C6H5BrFI. The van der Waals surface area contributed by atoms with Crippen LogP contribution in [0.3, 0.4) is 0 Å². The Labute approximate surface area is 75.5 Å². The standard InChI is InChI=1S/C6H5BrFI/c7-5-3-1-2-4-6(5,8)9/h1-5H. The third kappa shape index (κ3) is 1.77. The van der Waals surface area contributed by atoms with Gasteiger partial charge in [-0.05, 0) is 28.7 Å². The molecule has 50 valence electrons. The highest BCUT2D eigenvalue weighted by molar-refractivity contribution is 14.1. The molecule has 0 bridgehead atoms. The Balaban J connectivity index is 2.78. The molecule has 0 heterocycles. The maximum atomic E-state index is 13.1. The van der Waals surface area contributed by atoms with Crippen molar-refractivity contribution in [3.8, 4) is 0 Å². The summed E-state index contributed by atoms with van der Waals surface area (Å²) in [4.78, 5) is -0.185. The zero-order valence-electron chi connectivity index (χ0n) is 4.52. The molecule has 0 saturated heterocycles. The predicted octanol–water partition coefficient (Wildman–Crippen LogP) is 2.98. The van der Waals surface area contributed by atoms with Crippen LogP contribution in [0.15, 0.2) is 24.3 Å². The van der Waals surface area contributed by atoms with Gasteiger partial charge in [0.1, 0.15) is 0 Å². The van der Waals surface area contributed by atoms with E-state index in [-0.39, 0.29) is 4.83 Å². The average molecular weight is 303 g/mol. The second-order valence-corrected chi connectivity index (χ2v) is 4.46. The van der Waals surface area contributed by atoms with Crippen LogP contribution in [-0.2, 0) is 0 Å². The molecule has 0 aliphatic heterocycles. The summed E-state index contributed by atoms with van der Waals surface area (Å²) in [7, 11) is 0. The first kappa shape index (κ1) is 7.72. The molecule has 3 heteroatoms. The third-order valence-corrected chi connectivity index (χ3v) is 3.94. The molecule has 0 amide bonds. The maximum Gasteiger partial charge on any atom is 0.195 e. The van der Waals surface area contributed by atoms with Crippen LogP contribution >= 0.6 is 38.5 Å². The van der Waals surface area contributed by atoms with E-state index >= 15 is 0 Å². The van der Waals surface area contributed by atoms with E-state index in [0.717, 1.165) is 0 Å². The summed E-state index contributed by atoms with van der Waals surface area (Å²) in [6.07, 6.45) is 6.86. The minimum atomic E-state index is -1.24. The second kappa shape index (κ2) is 2.70. The highest BCUT2D eigenvalue weighted by atomic mass is 127. The molecule has 1 rings (SSSR count). The maximum absolute atomic E-state index is 13.1. The Morgan fingerprint density at radius 1 is 1.56 bits per heavy atom. The number of hydrogen-bond donors (Lipinski definition) is 0. The quantitative estimate of drug-likeness (QED) is 0.477. The summed E-state index contributed by atoms with van der Waals surface area (Å²) < 4.78 is 11.8. The van der Waals surface area contributed by atoms with Gasteiger partial charge in [0, 0.05) is 0 Å². The molecule has 0 aromatic carbocycles. The number of alkyl halides is 3. The van der Waals surface area contributed by atoms with Crippen LogP contribution in [0.1, 0.15) is 0 Å². The highest BCUT2D eigenvalue weighted by Gasteiger charge is 2.30. The Morgan fingerprint density at radius 3 is 2.56 bits per heavy atom. The van der Waals surface area contributed by atoms with Gasteiger partial charge in [-0.3, -0.25) is 0 Å². The fraction of sp³-hybridized carbons (Fsp3) is 0.333. The Kier molecular flexibility index (Phi) is 2.32. The van der Waals surface area contributed by atoms with Gasteiger partial charge in [-0.15, -0.1) is 0 Å². The lowest BCUT2D eigenvalue weighted by Gasteiger charge is -2.19. The van der Waals surface area contributed by atoms with Gasteiger partial charge in [0.2, 0.25) is 0 Å². The number of rotatable bonds is 0. The average Bonchev–Trinajstić information content (AvgIpc) is 1.77. The van der Waals surface area contributed by atoms with Crippen molar-refractivity contribution in [1.82, 2.24) is 0 Å². The van der Waals surface area contributed by atoms with E-state index in [2.05, 4.69) is 15.9 Å². The van der Waals surface area contributed by atoms with Crippen molar-refractivity contribution in [2.75, 3.05) is 0 Å². The van der Waals surface area contributed by atoms with Crippen LogP contribution in [0, 0.1) is 0 Å². The molecule has 2 atom stereocenters. The van der Waals surface area contributed by atoms with Gasteiger partial charge < -0.3 is 0 Å². The van der Waals surface area contributed by atoms with E-state index in [4.69, 9.17) is 0 Å². The smallest absolute Gasteiger partial charge is 0.195 e. The molecule has 0 aromatic heterocycles. The number of halogens is 3. The lowest BCUT2D eigenvalue weighted by Crippen LogP contribution is -2.23. The number of allylic oxidation sites excluding steroid dienone is 4. The topological polar surface area (TPSA) is 0 Å². The second-order valence-electron chi connectivity index (χ2n) is 1.82. The zero-order chi connectivity index (χ0) is 6.91. The van der Waals surface area contributed by atoms with Crippen LogP contribution in [0.4, 0.5) is 4.39 Å². The van der Waals surface area contributed by atoms with E-state index in [1.54, 1.807) is 34.7 Å². The van der Waals surface area contributed by atoms with Crippen molar-refractivity contribution in [2.24, 2.45) is 0 Å². The minimum absolute atomic E-state index is 0.185. The summed E-state index contributed by atoms with van der Waals surface area (Å²) in [5, 5.41) is 0. The van der Waals surface area contributed by atoms with Crippen molar-refractivity contribution in [3.05, 3.63) is 24.3 Å². The van der Waals surface area contributed by atoms with E-state index in [0.29, 0.717) is 0 Å². The largest absolute Gasteiger partial charge is 0.226 e. The van der Waals surface area contributed by atoms with Gasteiger partial charge in [-0.2, -0.15) is 0 Å². The molecule has 0 aromatic rings. The molecular weight excluding hydrogens is 298 g/mol. The van der Waals surface area contributed by atoms with Crippen molar-refractivity contribution >= 4 is 38.5 Å². The molecule has 0 spiro atoms. The van der Waals surface area contributed by atoms with Gasteiger partial charge in [0.25, 0.3) is 0 Å². The first-order chi connectivity index (χ1) is 4.13. The fourth-order valence-corrected chi connectivity index (χ4v) is 1.31. The molecule has 0 N–H and O–H groups in total. The Morgan fingerprint density at radius 2 is 2.22 bits per heavy atom. The van der Waals surface area contributed by atoms with Crippen LogP contribution in [-0.4, -0.2) is 8.50 Å². The first-order valence-corrected chi connectivity index (χ1v) is 4.50. The number of hydrogen-bond acceptors (Lipinski definition) is 0. The normalized spacial score (nSPS) is 41.4. The van der Waals surface area contributed by atoms with E-state index < -0.39 is 3.68 Å². The van der Waals surface area contributed by atoms with Crippen molar-refractivity contribution < 1.29 is 4.39 Å². The lowest BCUT2D eigenvalue weighted by molar-refractivity contribution is 0.390. The summed E-state index contributed by atoms with van der Waals surface area (Å²) in [6.45, 7) is 0. The molecule has 9 heavy (non-hydrogen) atoms. The monoisotopic (exact) mass is 302 g/mol. The lowest BCUT2D eigenvalue weighted by atomic mass is 10.2. The minimum Gasteiger partial charge on any atom is -0.226 e. The van der Waals surface area contributed by atoms with Crippen LogP contribution < -0.4 is 0 Å². The Bertz CT molecular complexity index is 162. The van der Waals surface area contributed by atoms with Gasteiger partial charge in [-0.25, -0.2) is 4.39 Å². The van der Waals surface area contributed by atoms with E-state index in [1.165, 1.54) is 6.08 Å². The first-order valence-electron chi connectivity index (χ1n) is 2.51. The highest BCUT2D eigenvalue weighted by Crippen LogP contribution is 2.34. The van der Waals surface area contributed by atoms with Gasteiger partial charge in [0.15, 0.2) is 3.68 Å². The van der Waals surface area contributed by atoms with Crippen molar-refractivity contribution in [3.63, 3.8) is 0 Å². The zero-order valence-corrected chi connectivity index (χ0v) is 8.26. The van der Waals surface area contributed by atoms with E-state index in [1.807, 2.05) is 6.08 Å². The van der Waals surface area contributed by atoms with Gasteiger partial charge >= 0.3 is 0 Å². The van der Waals surface area contributed by atoms with Crippen LogP contribution in [0.25, 0.3) is 0 Å². The molecule has 2 unspecified atom stereocenters. The summed E-state index contributed by atoms with van der Waals surface area (Å²) >= 11 is 4.95. The van der Waals surface area contributed by atoms with E-state index in [9.17, 15) is 4.39 Å². The molecule has 1 aliphatic rings. The molecule has 1 aliphatic carbocycles. The molecule has 0 radical (unpaired) electrons. The summed E-state index contributed by atoms with van der Waals surface area (Å²) in [5.41, 5.74) is 0. The summed E-state index contributed by atoms with van der Waals surface area (Å²) in [6, 6.07) is 0. The fourth-order valence-electron chi connectivity index (χ4n) is 0.566. The molecule has 0 fully saturated rings. The SMILES string of the molecule is FC1(I)C=CC=CC1Br. The summed E-state index contributed by atoms with van der Waals surface area (Å²) in [5.74, 6) is 0. The van der Waals surface area contributed by atoms with Crippen molar-refractivity contribution in [1.29, 1.82) is 0 Å². The van der Waals surface area contributed by atoms with Crippen molar-refractivity contribution in [2.45, 2.75) is 8.50 Å². The third-order valence-electron chi connectivity index (χ3n) is 1.08. The Hall–Kier alpha value is 0.620. The molecule has 0 nitrogen and oxygen atoms in total. The van der Waals surface area contributed by atoms with Crippen LogP contribution in [0.2, 0.25) is 0 Å².